The van der Waals surface area contributed by atoms with E-state index in [2.05, 4.69) is 9.98 Å². The lowest BCUT2D eigenvalue weighted by Crippen LogP contribution is -2.42. The van der Waals surface area contributed by atoms with Gasteiger partial charge in [0.25, 0.3) is 0 Å². The zero-order chi connectivity index (χ0) is 20.9. The minimum Gasteiger partial charge on any atom is -0.497 e. The Morgan fingerprint density at radius 3 is 2.77 bits per heavy atom. The SMILES string of the molecule is COc1cc(F)c2c(c1)[C@]1(COCC(N)=N1)c1cc(-c3cccnc3F)ccc1O2. The van der Waals surface area contributed by atoms with E-state index in [1.807, 2.05) is 0 Å². The number of rotatable bonds is 2. The van der Waals surface area contributed by atoms with E-state index in [0.29, 0.717) is 33.8 Å². The average Bonchev–Trinajstić information content (AvgIpc) is 2.75. The Hall–Kier alpha value is -3.52. The van der Waals surface area contributed by atoms with E-state index in [0.717, 1.165) is 0 Å². The third-order valence-corrected chi connectivity index (χ3v) is 5.30. The Morgan fingerprint density at radius 2 is 2.00 bits per heavy atom. The summed E-state index contributed by atoms with van der Waals surface area (Å²) in [7, 11) is 1.45. The molecule has 1 aromatic heterocycles. The molecule has 2 N–H and O–H groups in total. The largest absolute Gasteiger partial charge is 0.497 e. The van der Waals surface area contributed by atoms with Gasteiger partial charge in [0.1, 0.15) is 29.5 Å². The first-order valence-electron chi connectivity index (χ1n) is 9.25. The number of halogens is 2. The molecule has 5 rings (SSSR count). The van der Waals surface area contributed by atoms with Gasteiger partial charge < -0.3 is 19.9 Å². The van der Waals surface area contributed by atoms with E-state index < -0.39 is 17.3 Å². The summed E-state index contributed by atoms with van der Waals surface area (Å²) in [5.41, 5.74) is 6.79. The van der Waals surface area contributed by atoms with Gasteiger partial charge in [-0.3, -0.25) is 4.99 Å². The molecule has 8 heteroatoms. The molecule has 1 spiro atoms. The van der Waals surface area contributed by atoms with Crippen molar-refractivity contribution in [2.75, 3.05) is 20.3 Å². The van der Waals surface area contributed by atoms with Crippen LogP contribution in [0.5, 0.6) is 17.2 Å². The van der Waals surface area contributed by atoms with Gasteiger partial charge in [0.15, 0.2) is 11.6 Å². The zero-order valence-corrected chi connectivity index (χ0v) is 16.0. The van der Waals surface area contributed by atoms with Gasteiger partial charge in [-0.1, -0.05) is 6.07 Å². The number of benzene rings is 2. The van der Waals surface area contributed by atoms with Gasteiger partial charge in [0, 0.05) is 29.0 Å². The van der Waals surface area contributed by atoms with Crippen molar-refractivity contribution in [2.45, 2.75) is 5.54 Å². The molecular weight excluding hydrogens is 392 g/mol. The number of ether oxygens (including phenoxy) is 3. The highest BCUT2D eigenvalue weighted by molar-refractivity contribution is 5.84. The first kappa shape index (κ1) is 18.5. The number of hydrogen-bond donors (Lipinski definition) is 1. The normalized spacial score (nSPS) is 19.5. The van der Waals surface area contributed by atoms with Crippen LogP contribution in [0.4, 0.5) is 8.78 Å². The fourth-order valence-electron chi connectivity index (χ4n) is 3.95. The molecule has 2 aliphatic rings. The van der Waals surface area contributed by atoms with E-state index >= 15 is 0 Å². The van der Waals surface area contributed by atoms with Gasteiger partial charge in [0.05, 0.1) is 13.7 Å². The molecule has 0 bridgehead atoms. The smallest absolute Gasteiger partial charge is 0.220 e. The molecule has 2 aliphatic heterocycles. The van der Waals surface area contributed by atoms with Crippen LogP contribution < -0.4 is 15.2 Å². The molecule has 0 amide bonds. The average molecular weight is 409 g/mol. The molecule has 0 unspecified atom stereocenters. The van der Waals surface area contributed by atoms with Crippen molar-refractivity contribution in [1.82, 2.24) is 4.98 Å². The van der Waals surface area contributed by atoms with Crippen molar-refractivity contribution in [1.29, 1.82) is 0 Å². The Morgan fingerprint density at radius 1 is 1.13 bits per heavy atom. The summed E-state index contributed by atoms with van der Waals surface area (Å²) < 4.78 is 46.0. The fraction of sp³-hybridized carbons (Fsp3) is 0.182. The Balaban J connectivity index is 1.79. The van der Waals surface area contributed by atoms with Crippen LogP contribution >= 0.6 is 0 Å². The predicted molar refractivity (Wildman–Crippen MR) is 106 cm³/mol. The fourth-order valence-corrected chi connectivity index (χ4v) is 3.95. The summed E-state index contributed by atoms with van der Waals surface area (Å²) in [6.07, 6.45) is 1.38. The molecule has 1 atom stereocenters. The monoisotopic (exact) mass is 409 g/mol. The van der Waals surface area contributed by atoms with Crippen LogP contribution in [0, 0.1) is 11.8 Å². The third-order valence-electron chi connectivity index (χ3n) is 5.30. The zero-order valence-electron chi connectivity index (χ0n) is 16.0. The number of nitrogens with zero attached hydrogens (tertiary/aromatic N) is 2. The number of pyridine rings is 1. The highest BCUT2D eigenvalue weighted by Gasteiger charge is 2.46. The molecule has 152 valence electrons. The van der Waals surface area contributed by atoms with Crippen LogP contribution in [0.3, 0.4) is 0 Å². The molecule has 0 saturated heterocycles. The molecule has 30 heavy (non-hydrogen) atoms. The summed E-state index contributed by atoms with van der Waals surface area (Å²) >= 11 is 0. The standard InChI is InChI=1S/C22H17F2N3O3/c1-28-13-8-16-20(17(23)9-13)30-18-5-4-12(14-3-2-6-26-21(14)24)7-15(18)22(16)11-29-10-19(25)27-22/h2-9H,10-11H2,1H3,(H2,25,27)/t22-/m0/s1. The highest BCUT2D eigenvalue weighted by atomic mass is 19.1. The van der Waals surface area contributed by atoms with Crippen LogP contribution in [0.15, 0.2) is 53.7 Å². The van der Waals surface area contributed by atoms with Crippen LogP contribution in [0.1, 0.15) is 11.1 Å². The molecule has 6 nitrogen and oxygen atoms in total. The third kappa shape index (κ3) is 2.72. The minimum atomic E-state index is -1.16. The topological polar surface area (TPSA) is 79.0 Å². The first-order chi connectivity index (χ1) is 14.5. The summed E-state index contributed by atoms with van der Waals surface area (Å²) in [5, 5.41) is 0. The second-order valence-electron chi connectivity index (χ2n) is 7.10. The second kappa shape index (κ2) is 6.77. The van der Waals surface area contributed by atoms with Crippen molar-refractivity contribution in [2.24, 2.45) is 10.7 Å². The van der Waals surface area contributed by atoms with Crippen LogP contribution in [0.25, 0.3) is 11.1 Å². The van der Waals surface area contributed by atoms with Gasteiger partial charge in [0.2, 0.25) is 5.95 Å². The molecule has 0 saturated carbocycles. The number of aliphatic imine (C=N–C) groups is 1. The number of fused-ring (bicyclic) bond motifs is 4. The lowest BCUT2D eigenvalue weighted by atomic mass is 9.79. The first-order valence-corrected chi connectivity index (χ1v) is 9.25. The molecular formula is C22H17F2N3O3. The maximum atomic E-state index is 14.9. The van der Waals surface area contributed by atoms with Gasteiger partial charge >= 0.3 is 0 Å². The maximum absolute atomic E-state index is 14.9. The highest BCUT2D eigenvalue weighted by Crippen LogP contribution is 2.52. The van der Waals surface area contributed by atoms with Crippen LogP contribution in [0.2, 0.25) is 0 Å². The van der Waals surface area contributed by atoms with E-state index in [-0.39, 0.29) is 24.8 Å². The Labute approximate surface area is 170 Å². The molecule has 0 fully saturated rings. The van der Waals surface area contributed by atoms with E-state index in [9.17, 15) is 8.78 Å². The number of amidine groups is 1. The Bertz CT molecular complexity index is 1200. The van der Waals surface area contributed by atoms with E-state index in [1.54, 1.807) is 36.4 Å². The van der Waals surface area contributed by atoms with Crippen LogP contribution in [-0.2, 0) is 10.3 Å². The lowest BCUT2D eigenvalue weighted by Gasteiger charge is -2.39. The summed E-state index contributed by atoms with van der Waals surface area (Å²) in [5.74, 6) is -0.185. The number of hydrogen-bond acceptors (Lipinski definition) is 6. The van der Waals surface area contributed by atoms with Gasteiger partial charge in [-0.2, -0.15) is 4.39 Å². The van der Waals surface area contributed by atoms with Crippen molar-refractivity contribution >= 4 is 5.84 Å². The Kier molecular flexibility index (Phi) is 4.18. The molecule has 2 aromatic carbocycles. The molecule has 3 heterocycles. The van der Waals surface area contributed by atoms with E-state index in [4.69, 9.17) is 19.9 Å². The number of aromatic nitrogens is 1. The summed E-state index contributed by atoms with van der Waals surface area (Å²) in [6, 6.07) is 11.3. The number of nitrogens with two attached hydrogens (primary N) is 1. The summed E-state index contributed by atoms with van der Waals surface area (Å²) in [6.45, 7) is 0.277. The van der Waals surface area contributed by atoms with Crippen LogP contribution in [-0.4, -0.2) is 31.1 Å². The van der Waals surface area contributed by atoms with Crippen molar-refractivity contribution in [3.05, 3.63) is 71.6 Å². The molecule has 0 radical (unpaired) electrons. The molecule has 0 aliphatic carbocycles. The molecule has 3 aromatic rings. The maximum Gasteiger partial charge on any atom is 0.220 e. The van der Waals surface area contributed by atoms with E-state index in [1.165, 1.54) is 19.4 Å². The van der Waals surface area contributed by atoms with Gasteiger partial charge in [-0.15, -0.1) is 0 Å². The quantitative estimate of drug-likeness (QED) is 0.652. The van der Waals surface area contributed by atoms with Crippen molar-refractivity contribution in [3.63, 3.8) is 0 Å². The van der Waals surface area contributed by atoms with Crippen molar-refractivity contribution < 1.29 is 23.0 Å². The lowest BCUT2D eigenvalue weighted by molar-refractivity contribution is 0.109. The number of methoxy groups -OCH3 is 1. The van der Waals surface area contributed by atoms with Gasteiger partial charge in [-0.25, -0.2) is 9.37 Å². The second-order valence-corrected chi connectivity index (χ2v) is 7.10. The minimum absolute atomic E-state index is 0.0330. The van der Waals surface area contributed by atoms with Gasteiger partial charge in [-0.05, 0) is 35.9 Å². The predicted octanol–water partition coefficient (Wildman–Crippen LogP) is 3.77. The summed E-state index contributed by atoms with van der Waals surface area (Å²) in [4.78, 5) is 8.41. The van der Waals surface area contributed by atoms with Crippen molar-refractivity contribution in [3.8, 4) is 28.4 Å².